The first-order chi connectivity index (χ1) is 7.66. The lowest BCUT2D eigenvalue weighted by molar-refractivity contribution is 0.553. The number of nitrogens with one attached hydrogen (secondary N) is 1. The van der Waals surface area contributed by atoms with Crippen molar-refractivity contribution in [1.82, 2.24) is 14.9 Å². The van der Waals surface area contributed by atoms with E-state index in [4.69, 9.17) is 0 Å². The molecule has 0 aliphatic heterocycles. The molecule has 0 atom stereocenters. The molecule has 1 rings (SSSR count). The van der Waals surface area contributed by atoms with Crippen LogP contribution < -0.4 is 10.9 Å². The minimum absolute atomic E-state index is 0.00945. The van der Waals surface area contributed by atoms with Crippen molar-refractivity contribution in [3.8, 4) is 0 Å². The van der Waals surface area contributed by atoms with Gasteiger partial charge in [-0.25, -0.2) is 4.98 Å². The van der Waals surface area contributed by atoms with Gasteiger partial charge in [-0.3, -0.25) is 9.36 Å². The fraction of sp³-hybridized carbons (Fsp3) is 0.636. The number of hydrogen-bond acceptors (Lipinski definition) is 3. The van der Waals surface area contributed by atoms with Crippen LogP contribution in [-0.2, 0) is 6.54 Å². The van der Waals surface area contributed by atoms with Crippen molar-refractivity contribution in [2.24, 2.45) is 0 Å². The second-order valence-electron chi connectivity index (χ2n) is 3.71. The first-order valence-electron chi connectivity index (χ1n) is 5.59. The van der Waals surface area contributed by atoms with Crippen LogP contribution in [0.3, 0.4) is 0 Å². The molecule has 1 aromatic rings. The maximum atomic E-state index is 11.8. The molecule has 0 saturated heterocycles. The Morgan fingerprint density at radius 2 is 2.25 bits per heavy atom. The lowest BCUT2D eigenvalue weighted by Crippen LogP contribution is -2.29. The van der Waals surface area contributed by atoms with Crippen molar-refractivity contribution in [3.63, 3.8) is 0 Å². The Labute approximate surface area is 104 Å². The Balaban J connectivity index is 2.54. The van der Waals surface area contributed by atoms with Crippen LogP contribution in [0.4, 0.5) is 0 Å². The lowest BCUT2D eigenvalue weighted by atomic mass is 10.3. The van der Waals surface area contributed by atoms with E-state index in [0.29, 0.717) is 11.0 Å². The van der Waals surface area contributed by atoms with Crippen molar-refractivity contribution in [2.75, 3.05) is 13.1 Å². The van der Waals surface area contributed by atoms with Gasteiger partial charge in [-0.15, -0.1) is 0 Å². The molecule has 1 aromatic heterocycles. The largest absolute Gasteiger partial charge is 0.315 e. The van der Waals surface area contributed by atoms with Crippen molar-refractivity contribution in [3.05, 3.63) is 26.8 Å². The van der Waals surface area contributed by atoms with Gasteiger partial charge in [0.15, 0.2) is 0 Å². The molecule has 1 heterocycles. The monoisotopic (exact) mass is 287 g/mol. The van der Waals surface area contributed by atoms with Crippen LogP contribution in [0.15, 0.2) is 15.5 Å². The number of halogens is 1. The van der Waals surface area contributed by atoms with Gasteiger partial charge in [0.1, 0.15) is 10.3 Å². The van der Waals surface area contributed by atoms with Gasteiger partial charge < -0.3 is 5.32 Å². The molecule has 0 fully saturated rings. The predicted octanol–water partition coefficient (Wildman–Crippen LogP) is 1.70. The summed E-state index contributed by atoms with van der Waals surface area (Å²) >= 11 is 3.20. The number of hydrogen-bond donors (Lipinski definition) is 1. The molecule has 16 heavy (non-hydrogen) atoms. The minimum atomic E-state index is -0.00945. The topological polar surface area (TPSA) is 46.9 Å². The highest BCUT2D eigenvalue weighted by Crippen LogP contribution is 2.00. The summed E-state index contributed by atoms with van der Waals surface area (Å²) in [5.41, 5.74) is -0.00945. The van der Waals surface area contributed by atoms with Crippen LogP contribution in [0.1, 0.15) is 25.6 Å². The average Bonchev–Trinajstić information content (AvgIpc) is 2.28. The van der Waals surface area contributed by atoms with Gasteiger partial charge >= 0.3 is 0 Å². The number of aromatic nitrogens is 2. The van der Waals surface area contributed by atoms with Crippen LogP contribution in [0.5, 0.6) is 0 Å². The quantitative estimate of drug-likeness (QED) is 0.811. The zero-order valence-electron chi connectivity index (χ0n) is 9.79. The van der Waals surface area contributed by atoms with Crippen LogP contribution in [0.25, 0.3) is 0 Å². The number of rotatable bonds is 6. The highest BCUT2D eigenvalue weighted by molar-refractivity contribution is 9.10. The van der Waals surface area contributed by atoms with E-state index in [1.165, 1.54) is 12.8 Å². The maximum Gasteiger partial charge on any atom is 0.267 e. The molecule has 4 nitrogen and oxygen atoms in total. The van der Waals surface area contributed by atoms with Gasteiger partial charge in [0, 0.05) is 19.3 Å². The Morgan fingerprint density at radius 3 is 2.94 bits per heavy atom. The van der Waals surface area contributed by atoms with E-state index in [0.717, 1.165) is 18.9 Å². The normalized spacial score (nSPS) is 10.7. The Kier molecular flexibility index (Phi) is 5.69. The van der Waals surface area contributed by atoms with Gasteiger partial charge in [0.25, 0.3) is 5.56 Å². The molecule has 0 saturated carbocycles. The van der Waals surface area contributed by atoms with Gasteiger partial charge in [-0.1, -0.05) is 13.3 Å². The van der Waals surface area contributed by atoms with Crippen LogP contribution in [-0.4, -0.2) is 22.6 Å². The van der Waals surface area contributed by atoms with Crippen LogP contribution >= 0.6 is 15.9 Å². The van der Waals surface area contributed by atoms with Crippen molar-refractivity contribution >= 4 is 15.9 Å². The lowest BCUT2D eigenvalue weighted by Gasteiger charge is -2.09. The maximum absolute atomic E-state index is 11.8. The smallest absolute Gasteiger partial charge is 0.267 e. The molecule has 0 aromatic carbocycles. The van der Waals surface area contributed by atoms with Crippen molar-refractivity contribution in [1.29, 1.82) is 0 Å². The van der Waals surface area contributed by atoms with Crippen LogP contribution in [0.2, 0.25) is 0 Å². The zero-order chi connectivity index (χ0) is 12.0. The Bertz CT molecular complexity index is 389. The molecular formula is C11H18BrN3O. The molecule has 0 aliphatic carbocycles. The first-order valence-corrected chi connectivity index (χ1v) is 6.38. The Hall–Kier alpha value is -0.680. The second kappa shape index (κ2) is 6.81. The second-order valence-corrected chi connectivity index (χ2v) is 4.57. The summed E-state index contributed by atoms with van der Waals surface area (Å²) in [5.74, 6) is 0.755. The van der Waals surface area contributed by atoms with E-state index in [1.54, 1.807) is 10.8 Å². The molecule has 0 radical (unpaired) electrons. The van der Waals surface area contributed by atoms with Gasteiger partial charge in [0.2, 0.25) is 0 Å². The third-order valence-corrected chi connectivity index (χ3v) is 2.97. The summed E-state index contributed by atoms with van der Waals surface area (Å²) in [6.07, 6.45) is 3.91. The van der Waals surface area contributed by atoms with Gasteiger partial charge in [-0.05, 0) is 35.8 Å². The summed E-state index contributed by atoms with van der Waals surface area (Å²) in [5, 5.41) is 3.31. The fourth-order valence-corrected chi connectivity index (χ4v) is 1.75. The molecule has 90 valence electrons. The summed E-state index contributed by atoms with van der Waals surface area (Å²) in [6, 6.07) is 0. The number of aryl methyl sites for hydroxylation is 1. The van der Waals surface area contributed by atoms with Gasteiger partial charge in [-0.2, -0.15) is 0 Å². The van der Waals surface area contributed by atoms with E-state index >= 15 is 0 Å². The highest BCUT2D eigenvalue weighted by Gasteiger charge is 2.04. The standard InChI is InChI=1S/C11H18BrN3O/c1-3-4-5-13-6-7-15-9(2)14-8-10(12)11(15)16/h8,13H,3-7H2,1-2H3. The molecule has 0 spiro atoms. The van der Waals surface area contributed by atoms with Crippen LogP contribution in [0, 0.1) is 6.92 Å². The molecule has 5 heteroatoms. The minimum Gasteiger partial charge on any atom is -0.315 e. The van der Waals surface area contributed by atoms with E-state index in [2.05, 4.69) is 33.2 Å². The zero-order valence-corrected chi connectivity index (χ0v) is 11.4. The van der Waals surface area contributed by atoms with E-state index < -0.39 is 0 Å². The van der Waals surface area contributed by atoms with E-state index in [-0.39, 0.29) is 5.56 Å². The van der Waals surface area contributed by atoms with Gasteiger partial charge in [0.05, 0.1) is 0 Å². The van der Waals surface area contributed by atoms with E-state index in [9.17, 15) is 4.79 Å². The van der Waals surface area contributed by atoms with E-state index in [1.807, 2.05) is 6.92 Å². The SMILES string of the molecule is CCCCNCCn1c(C)ncc(Br)c1=O. The summed E-state index contributed by atoms with van der Waals surface area (Å²) in [6.45, 7) is 6.49. The number of nitrogens with zero attached hydrogens (tertiary/aromatic N) is 2. The first kappa shape index (κ1) is 13.4. The number of unbranched alkanes of at least 4 members (excludes halogenated alkanes) is 1. The molecular weight excluding hydrogens is 270 g/mol. The third-order valence-electron chi connectivity index (χ3n) is 2.42. The summed E-state index contributed by atoms with van der Waals surface area (Å²) in [4.78, 5) is 15.9. The predicted molar refractivity (Wildman–Crippen MR) is 68.7 cm³/mol. The summed E-state index contributed by atoms with van der Waals surface area (Å²) in [7, 11) is 0. The average molecular weight is 288 g/mol. The molecule has 0 bridgehead atoms. The summed E-state index contributed by atoms with van der Waals surface area (Å²) < 4.78 is 2.20. The third kappa shape index (κ3) is 3.72. The Morgan fingerprint density at radius 1 is 1.50 bits per heavy atom. The molecule has 0 amide bonds. The molecule has 0 unspecified atom stereocenters. The van der Waals surface area contributed by atoms with Crippen molar-refractivity contribution in [2.45, 2.75) is 33.2 Å². The fourth-order valence-electron chi connectivity index (χ4n) is 1.43. The van der Waals surface area contributed by atoms with Crippen molar-refractivity contribution < 1.29 is 0 Å². The molecule has 1 N–H and O–H groups in total. The highest BCUT2D eigenvalue weighted by atomic mass is 79.9. The molecule has 0 aliphatic rings.